The molecular weight excluding hydrogens is 264 g/mol. The lowest BCUT2D eigenvalue weighted by Crippen LogP contribution is -2.57. The lowest BCUT2D eigenvalue weighted by Gasteiger charge is -2.43. The highest BCUT2D eigenvalue weighted by Crippen LogP contribution is 2.29. The Morgan fingerprint density at radius 2 is 1.95 bits per heavy atom. The van der Waals surface area contributed by atoms with Crippen LogP contribution in [0.25, 0.3) is 0 Å². The monoisotopic (exact) mass is 290 g/mol. The van der Waals surface area contributed by atoms with Crippen molar-refractivity contribution in [2.75, 3.05) is 44.9 Å². The summed E-state index contributed by atoms with van der Waals surface area (Å²) in [7, 11) is -0.806. The standard InChI is InChI=1S/C13H26N2O3S/c1-15(6-7-18-10-12-2-3-12)13(11-14)4-8-19(16,17)9-5-13/h12H,2-11,14H2,1H3. The van der Waals surface area contributed by atoms with Crippen molar-refractivity contribution in [3.63, 3.8) is 0 Å². The maximum atomic E-state index is 11.5. The summed E-state index contributed by atoms with van der Waals surface area (Å²) < 4.78 is 28.7. The Labute approximate surface area is 116 Å². The van der Waals surface area contributed by atoms with Crippen LogP contribution in [0.4, 0.5) is 0 Å². The Bertz CT molecular complexity index is 379. The molecule has 1 heterocycles. The van der Waals surface area contributed by atoms with Gasteiger partial charge in [-0.15, -0.1) is 0 Å². The van der Waals surface area contributed by atoms with Gasteiger partial charge in [-0.05, 0) is 38.6 Å². The fraction of sp³-hybridized carbons (Fsp3) is 1.00. The second-order valence-corrected chi connectivity index (χ2v) is 8.32. The maximum Gasteiger partial charge on any atom is 0.150 e. The molecule has 1 saturated heterocycles. The van der Waals surface area contributed by atoms with Crippen LogP contribution in [-0.4, -0.2) is 63.7 Å². The highest BCUT2D eigenvalue weighted by molar-refractivity contribution is 7.91. The quantitative estimate of drug-likeness (QED) is 0.681. The van der Waals surface area contributed by atoms with Crippen LogP contribution >= 0.6 is 0 Å². The Morgan fingerprint density at radius 1 is 1.32 bits per heavy atom. The Morgan fingerprint density at radius 3 is 2.47 bits per heavy atom. The van der Waals surface area contributed by atoms with E-state index in [1.807, 2.05) is 7.05 Å². The van der Waals surface area contributed by atoms with Gasteiger partial charge in [0.05, 0.1) is 18.1 Å². The Hall–Kier alpha value is -0.170. The van der Waals surface area contributed by atoms with Gasteiger partial charge in [-0.25, -0.2) is 8.42 Å². The third-order valence-electron chi connectivity index (χ3n) is 4.57. The van der Waals surface area contributed by atoms with Crippen LogP contribution in [0.1, 0.15) is 25.7 Å². The largest absolute Gasteiger partial charge is 0.380 e. The zero-order chi connectivity index (χ0) is 13.9. The van der Waals surface area contributed by atoms with Crippen molar-refractivity contribution in [3.05, 3.63) is 0 Å². The smallest absolute Gasteiger partial charge is 0.150 e. The van der Waals surface area contributed by atoms with Gasteiger partial charge in [-0.2, -0.15) is 0 Å². The molecule has 2 N–H and O–H groups in total. The van der Waals surface area contributed by atoms with E-state index in [1.54, 1.807) is 0 Å². The first-order valence-corrected chi connectivity index (χ1v) is 8.99. The number of sulfone groups is 1. The topological polar surface area (TPSA) is 72.6 Å². The van der Waals surface area contributed by atoms with E-state index >= 15 is 0 Å². The molecule has 2 fully saturated rings. The van der Waals surface area contributed by atoms with E-state index in [0.717, 1.165) is 19.1 Å². The summed E-state index contributed by atoms with van der Waals surface area (Å²) in [6, 6.07) is 0. The van der Waals surface area contributed by atoms with Gasteiger partial charge in [0.2, 0.25) is 0 Å². The summed E-state index contributed by atoms with van der Waals surface area (Å²) in [6.45, 7) is 2.92. The summed E-state index contributed by atoms with van der Waals surface area (Å²) in [5, 5.41) is 0. The highest BCUT2D eigenvalue weighted by Gasteiger charge is 2.39. The van der Waals surface area contributed by atoms with Crippen molar-refractivity contribution in [1.82, 2.24) is 4.90 Å². The van der Waals surface area contributed by atoms with E-state index in [9.17, 15) is 8.42 Å². The number of nitrogens with two attached hydrogens (primary N) is 1. The summed E-state index contributed by atoms with van der Waals surface area (Å²) >= 11 is 0. The minimum absolute atomic E-state index is 0.158. The molecule has 6 heteroatoms. The van der Waals surface area contributed by atoms with Gasteiger partial charge in [0, 0.05) is 25.2 Å². The zero-order valence-electron chi connectivity index (χ0n) is 11.8. The predicted octanol–water partition coefficient (Wildman–Crippen LogP) is 0.251. The molecule has 0 spiro atoms. The van der Waals surface area contributed by atoms with E-state index in [1.165, 1.54) is 12.8 Å². The maximum absolute atomic E-state index is 11.5. The minimum Gasteiger partial charge on any atom is -0.380 e. The van der Waals surface area contributed by atoms with E-state index < -0.39 is 9.84 Å². The van der Waals surface area contributed by atoms with E-state index in [-0.39, 0.29) is 17.0 Å². The molecule has 2 rings (SSSR count). The third-order valence-corrected chi connectivity index (χ3v) is 6.22. The second-order valence-electron chi connectivity index (χ2n) is 6.02. The van der Waals surface area contributed by atoms with Gasteiger partial charge in [-0.3, -0.25) is 4.90 Å². The zero-order valence-corrected chi connectivity index (χ0v) is 12.6. The first kappa shape index (κ1) is 15.2. The van der Waals surface area contributed by atoms with Crippen LogP contribution in [0.15, 0.2) is 0 Å². The molecule has 1 aliphatic carbocycles. The van der Waals surface area contributed by atoms with Crippen molar-refractivity contribution in [3.8, 4) is 0 Å². The molecule has 0 atom stereocenters. The van der Waals surface area contributed by atoms with Crippen molar-refractivity contribution in [2.24, 2.45) is 11.7 Å². The number of ether oxygens (including phenoxy) is 1. The van der Waals surface area contributed by atoms with Gasteiger partial charge < -0.3 is 10.5 Å². The average Bonchev–Trinajstić information content (AvgIpc) is 3.19. The van der Waals surface area contributed by atoms with Crippen molar-refractivity contribution < 1.29 is 13.2 Å². The number of likely N-dealkylation sites (N-methyl/N-ethyl adjacent to an activating group) is 1. The average molecular weight is 290 g/mol. The summed E-state index contributed by atoms with van der Waals surface area (Å²) in [5.41, 5.74) is 5.75. The summed E-state index contributed by atoms with van der Waals surface area (Å²) in [4.78, 5) is 2.20. The van der Waals surface area contributed by atoms with Crippen LogP contribution in [0.3, 0.4) is 0 Å². The van der Waals surface area contributed by atoms with Crippen LogP contribution < -0.4 is 5.73 Å². The molecule has 0 aromatic carbocycles. The van der Waals surface area contributed by atoms with Gasteiger partial charge in [0.25, 0.3) is 0 Å². The van der Waals surface area contributed by atoms with E-state index in [2.05, 4.69) is 4.90 Å². The lowest BCUT2D eigenvalue weighted by molar-refractivity contribution is 0.0538. The van der Waals surface area contributed by atoms with Crippen LogP contribution in [-0.2, 0) is 14.6 Å². The lowest BCUT2D eigenvalue weighted by atomic mass is 9.90. The predicted molar refractivity (Wildman–Crippen MR) is 75.8 cm³/mol. The van der Waals surface area contributed by atoms with Gasteiger partial charge in [-0.1, -0.05) is 0 Å². The normalized spacial score (nSPS) is 25.6. The molecule has 2 aliphatic rings. The van der Waals surface area contributed by atoms with Crippen molar-refractivity contribution in [1.29, 1.82) is 0 Å². The fourth-order valence-corrected chi connectivity index (χ4v) is 4.22. The third kappa shape index (κ3) is 4.15. The molecule has 1 saturated carbocycles. The molecule has 0 unspecified atom stereocenters. The summed E-state index contributed by atoms with van der Waals surface area (Å²) in [6.07, 6.45) is 3.90. The first-order chi connectivity index (χ1) is 8.97. The molecule has 0 radical (unpaired) electrons. The molecule has 112 valence electrons. The number of hydrogen-bond donors (Lipinski definition) is 1. The molecule has 0 bridgehead atoms. The summed E-state index contributed by atoms with van der Waals surface area (Å²) in [5.74, 6) is 1.31. The van der Waals surface area contributed by atoms with Crippen molar-refractivity contribution in [2.45, 2.75) is 31.2 Å². The van der Waals surface area contributed by atoms with Crippen LogP contribution in [0.5, 0.6) is 0 Å². The minimum atomic E-state index is -2.84. The van der Waals surface area contributed by atoms with Crippen LogP contribution in [0, 0.1) is 5.92 Å². The Balaban J connectivity index is 1.78. The fourth-order valence-electron chi connectivity index (χ4n) is 2.63. The highest BCUT2D eigenvalue weighted by atomic mass is 32.2. The molecule has 0 amide bonds. The molecule has 1 aliphatic heterocycles. The number of rotatable bonds is 7. The van der Waals surface area contributed by atoms with Crippen molar-refractivity contribution >= 4 is 9.84 Å². The van der Waals surface area contributed by atoms with E-state index in [0.29, 0.717) is 26.0 Å². The van der Waals surface area contributed by atoms with Crippen LogP contribution in [0.2, 0.25) is 0 Å². The first-order valence-electron chi connectivity index (χ1n) is 7.17. The second kappa shape index (κ2) is 6.08. The molecule has 19 heavy (non-hydrogen) atoms. The number of nitrogens with zero attached hydrogens (tertiary/aromatic N) is 1. The number of hydrogen-bond acceptors (Lipinski definition) is 5. The van der Waals surface area contributed by atoms with E-state index in [4.69, 9.17) is 10.5 Å². The SMILES string of the molecule is CN(CCOCC1CC1)C1(CN)CCS(=O)(=O)CC1. The Kier molecular flexibility index (Phi) is 4.87. The molecule has 0 aromatic heterocycles. The molecule has 5 nitrogen and oxygen atoms in total. The van der Waals surface area contributed by atoms with Gasteiger partial charge in [0.15, 0.2) is 0 Å². The molecule has 0 aromatic rings. The molecular formula is C13H26N2O3S. The van der Waals surface area contributed by atoms with Gasteiger partial charge in [0.1, 0.15) is 9.84 Å². The van der Waals surface area contributed by atoms with Gasteiger partial charge >= 0.3 is 0 Å².